The van der Waals surface area contributed by atoms with Crippen LogP contribution in [0.3, 0.4) is 0 Å². The first kappa shape index (κ1) is 14.1. The Morgan fingerprint density at radius 3 is 2.32 bits per heavy atom. The maximum absolute atomic E-state index is 4.54. The zero-order valence-electron chi connectivity index (χ0n) is 12.4. The predicted molar refractivity (Wildman–Crippen MR) is 84.3 cm³/mol. The highest BCUT2D eigenvalue weighted by atomic mass is 32.1. The summed E-state index contributed by atoms with van der Waals surface area (Å²) < 4.78 is 0. The summed E-state index contributed by atoms with van der Waals surface area (Å²) >= 11 is 1.74. The zero-order valence-corrected chi connectivity index (χ0v) is 13.2. The molecule has 1 aromatic heterocycles. The highest BCUT2D eigenvalue weighted by molar-refractivity contribution is 7.15. The second-order valence-electron chi connectivity index (χ2n) is 5.28. The summed E-state index contributed by atoms with van der Waals surface area (Å²) in [6.07, 6.45) is 1.04. The molecule has 0 spiro atoms. The minimum Gasteiger partial charge on any atom is -0.359 e. The van der Waals surface area contributed by atoms with Crippen LogP contribution in [0, 0.1) is 27.7 Å². The van der Waals surface area contributed by atoms with Crippen LogP contribution in [0.15, 0.2) is 18.2 Å². The van der Waals surface area contributed by atoms with E-state index in [9.17, 15) is 0 Å². The lowest BCUT2D eigenvalue weighted by Gasteiger charge is -2.16. The van der Waals surface area contributed by atoms with Gasteiger partial charge in [0.05, 0.1) is 5.69 Å². The molecule has 0 aliphatic heterocycles. The molecule has 1 heterocycles. The molecule has 0 aliphatic rings. The van der Waals surface area contributed by atoms with Gasteiger partial charge in [-0.15, -0.1) is 11.3 Å². The molecule has 0 amide bonds. The SMILES string of the molecule is Cc1cccc(C)c1CC(C)Nc1nc(C)c(C)s1. The van der Waals surface area contributed by atoms with Crippen LogP contribution in [-0.4, -0.2) is 11.0 Å². The quantitative estimate of drug-likeness (QED) is 0.892. The normalized spacial score (nSPS) is 12.5. The van der Waals surface area contributed by atoms with Gasteiger partial charge >= 0.3 is 0 Å². The Hall–Kier alpha value is -1.35. The van der Waals surface area contributed by atoms with E-state index >= 15 is 0 Å². The second kappa shape index (κ2) is 5.74. The van der Waals surface area contributed by atoms with Gasteiger partial charge in [-0.1, -0.05) is 18.2 Å². The van der Waals surface area contributed by atoms with Crippen molar-refractivity contribution in [2.45, 2.75) is 47.1 Å². The maximum Gasteiger partial charge on any atom is 0.183 e. The van der Waals surface area contributed by atoms with Crippen molar-refractivity contribution >= 4 is 16.5 Å². The van der Waals surface area contributed by atoms with Gasteiger partial charge in [0.15, 0.2) is 5.13 Å². The van der Waals surface area contributed by atoms with E-state index in [1.54, 1.807) is 11.3 Å². The summed E-state index contributed by atoms with van der Waals surface area (Å²) in [5.41, 5.74) is 5.33. The van der Waals surface area contributed by atoms with Crippen molar-refractivity contribution < 1.29 is 0 Å². The molecule has 2 nitrogen and oxygen atoms in total. The van der Waals surface area contributed by atoms with Crippen molar-refractivity contribution in [3.05, 3.63) is 45.5 Å². The summed E-state index contributed by atoms with van der Waals surface area (Å²) in [6, 6.07) is 6.89. The lowest BCUT2D eigenvalue weighted by molar-refractivity contribution is 0.779. The fourth-order valence-corrected chi connectivity index (χ4v) is 3.20. The first-order valence-electron chi connectivity index (χ1n) is 6.73. The monoisotopic (exact) mass is 274 g/mol. The molecule has 0 bridgehead atoms. The van der Waals surface area contributed by atoms with Gasteiger partial charge in [-0.2, -0.15) is 0 Å². The molecule has 0 saturated heterocycles. The molecular formula is C16H22N2S. The van der Waals surface area contributed by atoms with Crippen molar-refractivity contribution in [3.8, 4) is 0 Å². The van der Waals surface area contributed by atoms with Crippen LogP contribution in [0.4, 0.5) is 5.13 Å². The van der Waals surface area contributed by atoms with E-state index in [4.69, 9.17) is 0 Å². The number of rotatable bonds is 4. The topological polar surface area (TPSA) is 24.9 Å². The third kappa shape index (κ3) is 3.35. The number of aryl methyl sites for hydroxylation is 4. The van der Waals surface area contributed by atoms with Crippen LogP contribution in [-0.2, 0) is 6.42 Å². The Labute approximate surface area is 119 Å². The third-order valence-electron chi connectivity index (χ3n) is 3.55. The molecule has 1 aromatic carbocycles. The molecule has 0 aliphatic carbocycles. The van der Waals surface area contributed by atoms with Crippen LogP contribution in [0.25, 0.3) is 0 Å². The Morgan fingerprint density at radius 1 is 1.16 bits per heavy atom. The Kier molecular flexibility index (Phi) is 4.25. The van der Waals surface area contributed by atoms with Crippen molar-refractivity contribution in [2.24, 2.45) is 0 Å². The van der Waals surface area contributed by atoms with Gasteiger partial charge in [0.25, 0.3) is 0 Å². The van der Waals surface area contributed by atoms with Gasteiger partial charge in [-0.05, 0) is 57.7 Å². The van der Waals surface area contributed by atoms with Gasteiger partial charge in [-0.25, -0.2) is 4.98 Å². The highest BCUT2D eigenvalue weighted by Gasteiger charge is 2.10. The summed E-state index contributed by atoms with van der Waals surface area (Å²) in [6.45, 7) is 10.8. The Balaban J connectivity index is 2.07. The second-order valence-corrected chi connectivity index (χ2v) is 6.48. The van der Waals surface area contributed by atoms with Gasteiger partial charge in [0, 0.05) is 10.9 Å². The lowest BCUT2D eigenvalue weighted by Crippen LogP contribution is -2.19. The number of aromatic nitrogens is 1. The molecule has 1 unspecified atom stereocenters. The molecule has 19 heavy (non-hydrogen) atoms. The number of nitrogens with zero attached hydrogens (tertiary/aromatic N) is 1. The molecular weight excluding hydrogens is 252 g/mol. The summed E-state index contributed by atoms with van der Waals surface area (Å²) in [7, 11) is 0. The number of anilines is 1. The summed E-state index contributed by atoms with van der Waals surface area (Å²) in [4.78, 5) is 5.84. The Morgan fingerprint density at radius 2 is 1.79 bits per heavy atom. The minimum absolute atomic E-state index is 0.393. The van der Waals surface area contributed by atoms with E-state index < -0.39 is 0 Å². The van der Waals surface area contributed by atoms with Crippen molar-refractivity contribution in [3.63, 3.8) is 0 Å². The van der Waals surface area contributed by atoms with Gasteiger partial charge in [-0.3, -0.25) is 0 Å². The molecule has 1 N–H and O–H groups in total. The molecule has 1 atom stereocenters. The number of nitrogens with one attached hydrogen (secondary N) is 1. The molecule has 0 fully saturated rings. The van der Waals surface area contributed by atoms with Crippen LogP contribution in [0.5, 0.6) is 0 Å². The number of benzene rings is 1. The van der Waals surface area contributed by atoms with Crippen molar-refractivity contribution in [2.75, 3.05) is 5.32 Å². The summed E-state index contributed by atoms with van der Waals surface area (Å²) in [5, 5.41) is 4.55. The summed E-state index contributed by atoms with van der Waals surface area (Å²) in [5.74, 6) is 0. The van der Waals surface area contributed by atoms with E-state index in [-0.39, 0.29) is 0 Å². The lowest BCUT2D eigenvalue weighted by atomic mass is 9.97. The van der Waals surface area contributed by atoms with Crippen molar-refractivity contribution in [1.29, 1.82) is 0 Å². The predicted octanol–water partition coefficient (Wildman–Crippen LogP) is 4.42. The standard InChI is InChI=1S/C16H22N2S/c1-10-7-6-8-11(2)15(10)9-12(3)17-16-18-13(4)14(5)19-16/h6-8,12H,9H2,1-5H3,(H,17,18). The Bertz CT molecular complexity index is 532. The average molecular weight is 274 g/mol. The fourth-order valence-electron chi connectivity index (χ4n) is 2.27. The van der Waals surface area contributed by atoms with Crippen molar-refractivity contribution in [1.82, 2.24) is 4.98 Å². The highest BCUT2D eigenvalue weighted by Crippen LogP contribution is 2.23. The molecule has 0 radical (unpaired) electrons. The molecule has 2 rings (SSSR count). The molecule has 2 aromatic rings. The largest absolute Gasteiger partial charge is 0.359 e. The fraction of sp³-hybridized carbons (Fsp3) is 0.438. The van der Waals surface area contributed by atoms with E-state index in [0.29, 0.717) is 6.04 Å². The van der Waals surface area contributed by atoms with E-state index in [0.717, 1.165) is 17.2 Å². The van der Waals surface area contributed by atoms with E-state index in [1.165, 1.54) is 21.6 Å². The smallest absolute Gasteiger partial charge is 0.183 e. The maximum atomic E-state index is 4.54. The first-order valence-corrected chi connectivity index (χ1v) is 7.54. The van der Waals surface area contributed by atoms with Crippen LogP contribution < -0.4 is 5.32 Å². The molecule has 102 valence electrons. The zero-order chi connectivity index (χ0) is 14.0. The van der Waals surface area contributed by atoms with Gasteiger partial charge in [0.1, 0.15) is 0 Å². The van der Waals surface area contributed by atoms with Gasteiger partial charge in [0.2, 0.25) is 0 Å². The third-order valence-corrected chi connectivity index (χ3v) is 4.56. The van der Waals surface area contributed by atoms with Crippen LogP contribution in [0.1, 0.15) is 34.2 Å². The molecule has 0 saturated carbocycles. The van der Waals surface area contributed by atoms with E-state index in [1.807, 2.05) is 0 Å². The van der Waals surface area contributed by atoms with E-state index in [2.05, 4.69) is 63.1 Å². The van der Waals surface area contributed by atoms with Crippen LogP contribution in [0.2, 0.25) is 0 Å². The average Bonchev–Trinajstić information content (AvgIpc) is 2.63. The number of hydrogen-bond donors (Lipinski definition) is 1. The number of thiazole rings is 1. The first-order chi connectivity index (χ1) is 8.97. The number of hydrogen-bond acceptors (Lipinski definition) is 3. The molecule has 3 heteroatoms. The minimum atomic E-state index is 0.393. The van der Waals surface area contributed by atoms with Crippen LogP contribution >= 0.6 is 11.3 Å². The van der Waals surface area contributed by atoms with Gasteiger partial charge < -0.3 is 5.32 Å².